The number of hydrogen-bond donors (Lipinski definition) is 1. The van der Waals surface area contributed by atoms with Gasteiger partial charge < -0.3 is 15.0 Å². The maximum Gasteiger partial charge on any atom is 0.228 e. The third kappa shape index (κ3) is 4.56. The number of anilines is 1. The summed E-state index contributed by atoms with van der Waals surface area (Å²) in [5.41, 5.74) is 0.913. The zero-order valence-electron chi connectivity index (χ0n) is 11.3. The molecule has 1 N–H and O–H groups in total. The molecule has 0 aromatic carbocycles. The Labute approximate surface area is 103 Å². The van der Waals surface area contributed by atoms with Crippen LogP contribution in [0.5, 0.6) is 5.88 Å². The molecule has 5 nitrogen and oxygen atoms in total. The number of ether oxygens (including phenoxy) is 1. The molecule has 1 rings (SSSR count). The van der Waals surface area contributed by atoms with E-state index in [1.54, 1.807) is 7.11 Å². The summed E-state index contributed by atoms with van der Waals surface area (Å²) in [5, 5.41) is 3.36. The van der Waals surface area contributed by atoms with Gasteiger partial charge in [0.2, 0.25) is 11.8 Å². The summed E-state index contributed by atoms with van der Waals surface area (Å²) >= 11 is 0. The van der Waals surface area contributed by atoms with E-state index in [1.165, 1.54) is 0 Å². The van der Waals surface area contributed by atoms with Crippen molar-refractivity contribution in [3.63, 3.8) is 0 Å². The number of aryl methyl sites for hydroxylation is 1. The van der Waals surface area contributed by atoms with E-state index in [0.717, 1.165) is 18.8 Å². The average Bonchev–Trinajstić information content (AvgIpc) is 2.27. The Kier molecular flexibility index (Phi) is 5.15. The third-order valence-electron chi connectivity index (χ3n) is 2.37. The van der Waals surface area contributed by atoms with Crippen molar-refractivity contribution in [2.45, 2.75) is 26.8 Å². The molecular weight excluding hydrogens is 216 g/mol. The topological polar surface area (TPSA) is 50.3 Å². The predicted octanol–water partition coefficient (Wildman–Crippen LogP) is 1.23. The lowest BCUT2D eigenvalue weighted by Crippen LogP contribution is -2.33. The SMILES string of the molecule is COc1cc(C)nc(N(C)CCNC(C)C)n1. The monoisotopic (exact) mass is 238 g/mol. The first-order valence-electron chi connectivity index (χ1n) is 5.87. The van der Waals surface area contributed by atoms with Crippen LogP contribution >= 0.6 is 0 Å². The number of likely N-dealkylation sites (N-methyl/N-ethyl adjacent to an activating group) is 1. The van der Waals surface area contributed by atoms with Gasteiger partial charge in [0.25, 0.3) is 0 Å². The van der Waals surface area contributed by atoms with Gasteiger partial charge in [0.15, 0.2) is 0 Å². The second-order valence-electron chi connectivity index (χ2n) is 4.38. The number of rotatable bonds is 6. The van der Waals surface area contributed by atoms with Gasteiger partial charge in [-0.15, -0.1) is 0 Å². The first kappa shape index (κ1) is 13.7. The van der Waals surface area contributed by atoms with Gasteiger partial charge in [-0.3, -0.25) is 0 Å². The zero-order chi connectivity index (χ0) is 12.8. The van der Waals surface area contributed by atoms with Crippen LogP contribution in [0.25, 0.3) is 0 Å². The fourth-order valence-electron chi connectivity index (χ4n) is 1.42. The Hall–Kier alpha value is -1.36. The van der Waals surface area contributed by atoms with Gasteiger partial charge in [0.1, 0.15) is 0 Å². The summed E-state index contributed by atoms with van der Waals surface area (Å²) in [7, 11) is 3.60. The number of methoxy groups -OCH3 is 1. The summed E-state index contributed by atoms with van der Waals surface area (Å²) in [6.45, 7) is 7.98. The van der Waals surface area contributed by atoms with Crippen LogP contribution in [0.15, 0.2) is 6.07 Å². The van der Waals surface area contributed by atoms with E-state index < -0.39 is 0 Å². The molecular formula is C12H22N4O. The first-order valence-corrected chi connectivity index (χ1v) is 5.87. The number of nitrogens with one attached hydrogen (secondary N) is 1. The van der Waals surface area contributed by atoms with Crippen LogP contribution in [0, 0.1) is 6.92 Å². The van der Waals surface area contributed by atoms with Gasteiger partial charge in [0, 0.05) is 37.9 Å². The summed E-state index contributed by atoms with van der Waals surface area (Å²) in [5.74, 6) is 1.31. The summed E-state index contributed by atoms with van der Waals surface area (Å²) in [6.07, 6.45) is 0. The molecule has 0 saturated heterocycles. The molecule has 0 radical (unpaired) electrons. The minimum Gasteiger partial charge on any atom is -0.481 e. The Morgan fingerprint density at radius 3 is 2.71 bits per heavy atom. The molecule has 0 atom stereocenters. The fraction of sp³-hybridized carbons (Fsp3) is 0.667. The first-order chi connectivity index (χ1) is 8.02. The number of hydrogen-bond acceptors (Lipinski definition) is 5. The average molecular weight is 238 g/mol. The van der Waals surface area contributed by atoms with Gasteiger partial charge in [-0.25, -0.2) is 4.98 Å². The Morgan fingerprint density at radius 1 is 1.41 bits per heavy atom. The molecule has 0 aliphatic heterocycles. The van der Waals surface area contributed by atoms with Crippen LogP contribution in [0.3, 0.4) is 0 Å². The molecule has 1 aromatic rings. The van der Waals surface area contributed by atoms with Crippen LogP contribution in [0.1, 0.15) is 19.5 Å². The van der Waals surface area contributed by atoms with Crippen molar-refractivity contribution in [2.75, 3.05) is 32.1 Å². The van der Waals surface area contributed by atoms with Crippen LogP contribution in [0.2, 0.25) is 0 Å². The molecule has 0 spiro atoms. The van der Waals surface area contributed by atoms with Crippen LogP contribution in [-0.2, 0) is 0 Å². The Morgan fingerprint density at radius 2 is 2.12 bits per heavy atom. The lowest BCUT2D eigenvalue weighted by molar-refractivity contribution is 0.396. The van der Waals surface area contributed by atoms with E-state index in [1.807, 2.05) is 24.9 Å². The van der Waals surface area contributed by atoms with Gasteiger partial charge in [-0.1, -0.05) is 13.8 Å². The Bertz CT molecular complexity index is 354. The molecule has 0 aliphatic carbocycles. The molecule has 0 aliphatic rings. The lowest BCUT2D eigenvalue weighted by atomic mass is 10.4. The highest BCUT2D eigenvalue weighted by molar-refractivity contribution is 5.33. The highest BCUT2D eigenvalue weighted by atomic mass is 16.5. The van der Waals surface area contributed by atoms with E-state index >= 15 is 0 Å². The zero-order valence-corrected chi connectivity index (χ0v) is 11.3. The van der Waals surface area contributed by atoms with Gasteiger partial charge >= 0.3 is 0 Å². The van der Waals surface area contributed by atoms with Crippen LogP contribution < -0.4 is 15.0 Å². The normalized spacial score (nSPS) is 10.7. The van der Waals surface area contributed by atoms with Crippen molar-refractivity contribution in [1.29, 1.82) is 0 Å². The molecule has 0 unspecified atom stereocenters. The molecule has 0 saturated carbocycles. The van der Waals surface area contributed by atoms with Crippen LogP contribution in [0.4, 0.5) is 5.95 Å². The summed E-state index contributed by atoms with van der Waals surface area (Å²) in [6, 6.07) is 2.32. The minimum absolute atomic E-state index is 0.497. The molecule has 0 bridgehead atoms. The van der Waals surface area contributed by atoms with Gasteiger partial charge in [0.05, 0.1) is 7.11 Å². The maximum absolute atomic E-state index is 5.14. The van der Waals surface area contributed by atoms with Crippen molar-refractivity contribution in [2.24, 2.45) is 0 Å². The van der Waals surface area contributed by atoms with Crippen molar-refractivity contribution in [1.82, 2.24) is 15.3 Å². The second-order valence-corrected chi connectivity index (χ2v) is 4.38. The standard InChI is InChI=1S/C12H22N4O/c1-9(2)13-6-7-16(4)12-14-10(3)8-11(15-12)17-5/h8-9,13H,6-7H2,1-5H3. The molecule has 0 amide bonds. The summed E-state index contributed by atoms with van der Waals surface area (Å²) < 4.78 is 5.14. The van der Waals surface area contributed by atoms with Gasteiger partial charge in [-0.05, 0) is 6.92 Å². The molecule has 0 fully saturated rings. The molecule has 1 heterocycles. The molecule has 5 heteroatoms. The van der Waals surface area contributed by atoms with Crippen molar-refractivity contribution in [3.8, 4) is 5.88 Å². The quantitative estimate of drug-likeness (QED) is 0.807. The van der Waals surface area contributed by atoms with E-state index in [-0.39, 0.29) is 0 Å². The van der Waals surface area contributed by atoms with Crippen molar-refractivity contribution in [3.05, 3.63) is 11.8 Å². The highest BCUT2D eigenvalue weighted by Gasteiger charge is 2.07. The maximum atomic E-state index is 5.14. The second kappa shape index (κ2) is 6.39. The Balaban J connectivity index is 2.61. The van der Waals surface area contributed by atoms with E-state index in [2.05, 4.69) is 29.1 Å². The number of aromatic nitrogens is 2. The lowest BCUT2D eigenvalue weighted by Gasteiger charge is -2.19. The van der Waals surface area contributed by atoms with E-state index in [4.69, 9.17) is 4.74 Å². The molecule has 1 aromatic heterocycles. The van der Waals surface area contributed by atoms with Crippen molar-refractivity contribution >= 4 is 5.95 Å². The highest BCUT2D eigenvalue weighted by Crippen LogP contribution is 2.13. The van der Waals surface area contributed by atoms with E-state index in [9.17, 15) is 0 Å². The number of nitrogens with zero attached hydrogens (tertiary/aromatic N) is 3. The minimum atomic E-state index is 0.497. The predicted molar refractivity (Wildman–Crippen MR) is 69.7 cm³/mol. The molecule has 96 valence electrons. The fourth-order valence-corrected chi connectivity index (χ4v) is 1.42. The smallest absolute Gasteiger partial charge is 0.228 e. The summed E-state index contributed by atoms with van der Waals surface area (Å²) in [4.78, 5) is 10.7. The third-order valence-corrected chi connectivity index (χ3v) is 2.37. The van der Waals surface area contributed by atoms with Gasteiger partial charge in [-0.2, -0.15) is 4.98 Å². The molecule has 17 heavy (non-hydrogen) atoms. The largest absolute Gasteiger partial charge is 0.481 e. The van der Waals surface area contributed by atoms with Crippen molar-refractivity contribution < 1.29 is 4.74 Å². The van der Waals surface area contributed by atoms with Crippen LogP contribution in [-0.4, -0.2) is 43.3 Å². The van der Waals surface area contributed by atoms with E-state index in [0.29, 0.717) is 17.9 Å².